The average Bonchev–Trinajstić information content (AvgIpc) is 2.87. The fraction of sp³-hybridized carbons (Fsp3) is 0.929. The van der Waals surface area contributed by atoms with Gasteiger partial charge >= 0.3 is 0 Å². The van der Waals surface area contributed by atoms with Gasteiger partial charge < -0.3 is 24.8 Å². The van der Waals surface area contributed by atoms with Crippen LogP contribution in [0, 0.1) is 0 Å². The predicted octanol–water partition coefficient (Wildman–Crippen LogP) is 1.08. The Morgan fingerprint density at radius 3 is 2.76 bits per heavy atom. The zero-order valence-corrected chi connectivity index (χ0v) is 15.5. The smallest absolute Gasteiger partial charge is 0.194 e. The predicted molar refractivity (Wildman–Crippen MR) is 95.5 cm³/mol. The van der Waals surface area contributed by atoms with Crippen molar-refractivity contribution in [3.05, 3.63) is 0 Å². The molecule has 21 heavy (non-hydrogen) atoms. The number of aliphatic hydroxyl groups excluding tert-OH is 1. The van der Waals surface area contributed by atoms with E-state index in [4.69, 9.17) is 9.47 Å². The van der Waals surface area contributed by atoms with Gasteiger partial charge in [0.25, 0.3) is 0 Å². The third-order valence-corrected chi connectivity index (χ3v) is 3.19. The van der Waals surface area contributed by atoms with E-state index in [0.717, 1.165) is 51.5 Å². The van der Waals surface area contributed by atoms with Crippen molar-refractivity contribution in [2.24, 2.45) is 4.99 Å². The Balaban J connectivity index is 0.00000400. The fourth-order valence-corrected chi connectivity index (χ4v) is 2.11. The molecule has 1 rings (SSSR count). The Hall–Kier alpha value is -0.120. The molecule has 1 atom stereocenters. The average molecular weight is 415 g/mol. The summed E-state index contributed by atoms with van der Waals surface area (Å²) in [5.41, 5.74) is 0. The molecule has 7 heteroatoms. The molecule has 1 fully saturated rings. The van der Waals surface area contributed by atoms with Crippen LogP contribution >= 0.6 is 24.0 Å². The first-order valence-corrected chi connectivity index (χ1v) is 7.56. The van der Waals surface area contributed by atoms with Crippen LogP contribution in [-0.4, -0.2) is 75.2 Å². The third-order valence-electron chi connectivity index (χ3n) is 3.19. The normalized spacial score (nSPS) is 18.7. The number of nitrogens with zero attached hydrogens (tertiary/aromatic N) is 2. The Labute approximate surface area is 145 Å². The van der Waals surface area contributed by atoms with E-state index in [9.17, 15) is 5.11 Å². The molecule has 1 saturated heterocycles. The van der Waals surface area contributed by atoms with Crippen LogP contribution in [0.2, 0.25) is 0 Å². The van der Waals surface area contributed by atoms with E-state index in [2.05, 4.69) is 22.1 Å². The van der Waals surface area contributed by atoms with E-state index in [1.807, 2.05) is 0 Å². The van der Waals surface area contributed by atoms with Crippen molar-refractivity contribution >= 4 is 29.9 Å². The number of unbranched alkanes of at least 4 members (excludes halogenated alkanes) is 1. The molecule has 0 amide bonds. The maximum atomic E-state index is 9.58. The van der Waals surface area contributed by atoms with Crippen molar-refractivity contribution in [3.8, 4) is 0 Å². The first-order valence-electron chi connectivity index (χ1n) is 7.56. The van der Waals surface area contributed by atoms with Crippen molar-refractivity contribution in [2.45, 2.75) is 32.3 Å². The van der Waals surface area contributed by atoms with Gasteiger partial charge in [0.2, 0.25) is 0 Å². The van der Waals surface area contributed by atoms with Crippen molar-refractivity contribution in [3.63, 3.8) is 0 Å². The van der Waals surface area contributed by atoms with Gasteiger partial charge in [0, 0.05) is 39.9 Å². The highest BCUT2D eigenvalue weighted by atomic mass is 127. The largest absolute Gasteiger partial charge is 0.391 e. The summed E-state index contributed by atoms with van der Waals surface area (Å²) in [5, 5.41) is 12.9. The molecule has 126 valence electrons. The van der Waals surface area contributed by atoms with E-state index < -0.39 is 0 Å². The van der Waals surface area contributed by atoms with E-state index in [-0.39, 0.29) is 30.1 Å². The number of β-amino-alcohol motifs (C(OH)–C–C–N with tert-alkyl or cyclic N) is 1. The number of hydrogen-bond donors (Lipinski definition) is 2. The van der Waals surface area contributed by atoms with Gasteiger partial charge in [0.15, 0.2) is 5.96 Å². The van der Waals surface area contributed by atoms with E-state index >= 15 is 0 Å². The van der Waals surface area contributed by atoms with Gasteiger partial charge in [-0.05, 0) is 26.2 Å². The molecule has 0 unspecified atom stereocenters. The Morgan fingerprint density at radius 1 is 1.33 bits per heavy atom. The number of guanidine groups is 1. The zero-order chi connectivity index (χ0) is 14.6. The molecule has 0 bridgehead atoms. The second-order valence-electron chi connectivity index (χ2n) is 4.94. The molecule has 0 saturated carbocycles. The monoisotopic (exact) mass is 415 g/mol. The van der Waals surface area contributed by atoms with Crippen LogP contribution in [0.1, 0.15) is 26.2 Å². The Bertz CT molecular complexity index is 280. The highest BCUT2D eigenvalue weighted by Crippen LogP contribution is 2.08. The van der Waals surface area contributed by atoms with Crippen LogP contribution in [0.25, 0.3) is 0 Å². The number of rotatable bonds is 9. The van der Waals surface area contributed by atoms with Crippen LogP contribution in [0.5, 0.6) is 0 Å². The van der Waals surface area contributed by atoms with Crippen molar-refractivity contribution < 1.29 is 14.6 Å². The van der Waals surface area contributed by atoms with Gasteiger partial charge in [-0.15, -0.1) is 24.0 Å². The number of likely N-dealkylation sites (tertiary alicyclic amines) is 1. The highest BCUT2D eigenvalue weighted by Gasteiger charge is 2.22. The molecular formula is C14H30IN3O3. The lowest BCUT2D eigenvalue weighted by Crippen LogP contribution is -2.40. The molecule has 1 aliphatic rings. The fourth-order valence-electron chi connectivity index (χ4n) is 2.11. The Morgan fingerprint density at radius 2 is 2.14 bits per heavy atom. The molecule has 0 spiro atoms. The van der Waals surface area contributed by atoms with E-state index in [0.29, 0.717) is 19.8 Å². The number of hydrogen-bond acceptors (Lipinski definition) is 4. The molecule has 6 nitrogen and oxygen atoms in total. The molecule has 0 aromatic carbocycles. The quantitative estimate of drug-likeness (QED) is 0.255. The molecule has 0 aliphatic carbocycles. The zero-order valence-electron chi connectivity index (χ0n) is 13.2. The summed E-state index contributed by atoms with van der Waals surface area (Å²) in [7, 11) is 1.68. The lowest BCUT2D eigenvalue weighted by molar-refractivity contribution is 0.0690. The standard InChI is InChI=1S/C14H29N3O3.HI/c1-3-15-14(17-8-6-13(18)12-17)16-7-4-5-9-20-11-10-19-2;/h13,18H,3-12H2,1-2H3,(H,15,16);1H/t13-;/m1./s1. The molecular weight excluding hydrogens is 385 g/mol. The molecule has 0 radical (unpaired) electrons. The number of methoxy groups -OCH3 is 1. The maximum Gasteiger partial charge on any atom is 0.194 e. The van der Waals surface area contributed by atoms with E-state index in [1.54, 1.807) is 7.11 Å². The lowest BCUT2D eigenvalue weighted by atomic mass is 10.3. The van der Waals surface area contributed by atoms with Gasteiger partial charge in [-0.2, -0.15) is 0 Å². The summed E-state index contributed by atoms with van der Waals surface area (Å²) in [6.45, 7) is 7.35. The summed E-state index contributed by atoms with van der Waals surface area (Å²) in [4.78, 5) is 6.73. The van der Waals surface area contributed by atoms with Crippen LogP contribution in [0.3, 0.4) is 0 Å². The second kappa shape index (κ2) is 13.5. The SMILES string of the molecule is CCNC(=NCCCCOCCOC)N1CC[C@@H](O)C1.I. The van der Waals surface area contributed by atoms with Gasteiger partial charge in [0.05, 0.1) is 19.3 Å². The number of ether oxygens (including phenoxy) is 2. The van der Waals surface area contributed by atoms with Crippen molar-refractivity contribution in [1.82, 2.24) is 10.2 Å². The van der Waals surface area contributed by atoms with Gasteiger partial charge in [-0.3, -0.25) is 4.99 Å². The summed E-state index contributed by atoms with van der Waals surface area (Å²) < 4.78 is 10.3. The number of aliphatic imine (C=N–C) groups is 1. The summed E-state index contributed by atoms with van der Waals surface area (Å²) >= 11 is 0. The highest BCUT2D eigenvalue weighted by molar-refractivity contribution is 14.0. The topological polar surface area (TPSA) is 66.3 Å². The number of nitrogens with one attached hydrogen (secondary N) is 1. The van der Waals surface area contributed by atoms with Gasteiger partial charge in [0.1, 0.15) is 0 Å². The first kappa shape index (κ1) is 20.9. The third kappa shape index (κ3) is 9.49. The summed E-state index contributed by atoms with van der Waals surface area (Å²) in [6.07, 6.45) is 2.64. The Kier molecular flexibility index (Phi) is 13.5. The second-order valence-corrected chi connectivity index (χ2v) is 4.94. The first-order chi connectivity index (χ1) is 9.77. The van der Waals surface area contributed by atoms with Crippen molar-refractivity contribution in [2.75, 3.05) is 53.1 Å². The van der Waals surface area contributed by atoms with Crippen LogP contribution in [-0.2, 0) is 9.47 Å². The van der Waals surface area contributed by atoms with Gasteiger partial charge in [-0.25, -0.2) is 0 Å². The van der Waals surface area contributed by atoms with Crippen LogP contribution < -0.4 is 5.32 Å². The minimum Gasteiger partial charge on any atom is -0.391 e. The van der Waals surface area contributed by atoms with Gasteiger partial charge in [-0.1, -0.05) is 0 Å². The minimum atomic E-state index is -0.215. The summed E-state index contributed by atoms with van der Waals surface area (Å²) in [6, 6.07) is 0. The maximum absolute atomic E-state index is 9.58. The van der Waals surface area contributed by atoms with Crippen LogP contribution in [0.4, 0.5) is 0 Å². The molecule has 2 N–H and O–H groups in total. The number of halogens is 1. The molecule has 0 aromatic rings. The molecule has 1 heterocycles. The number of aliphatic hydroxyl groups is 1. The summed E-state index contributed by atoms with van der Waals surface area (Å²) in [5.74, 6) is 0.921. The molecule has 0 aromatic heterocycles. The van der Waals surface area contributed by atoms with Crippen molar-refractivity contribution in [1.29, 1.82) is 0 Å². The van der Waals surface area contributed by atoms with Crippen LogP contribution in [0.15, 0.2) is 4.99 Å². The molecule has 1 aliphatic heterocycles. The minimum absolute atomic E-state index is 0. The lowest BCUT2D eigenvalue weighted by Gasteiger charge is -2.20. The van der Waals surface area contributed by atoms with E-state index in [1.165, 1.54) is 0 Å².